The average molecular weight is 329 g/mol. The van der Waals surface area contributed by atoms with Gasteiger partial charge in [-0.15, -0.1) is 12.4 Å². The normalized spacial score (nSPS) is 18.1. The minimum absolute atomic E-state index is 0. The zero-order valence-corrected chi connectivity index (χ0v) is 12.4. The molecule has 0 aromatic heterocycles. The molecule has 1 aromatic carbocycles. The van der Waals surface area contributed by atoms with E-state index in [4.69, 9.17) is 17.3 Å². The van der Waals surface area contributed by atoms with Crippen molar-refractivity contribution in [2.45, 2.75) is 23.8 Å². The van der Waals surface area contributed by atoms with E-state index in [9.17, 15) is 12.8 Å². The molecule has 4 nitrogen and oxygen atoms in total. The van der Waals surface area contributed by atoms with Crippen molar-refractivity contribution in [2.75, 3.05) is 13.1 Å². The molecule has 1 aliphatic rings. The van der Waals surface area contributed by atoms with Crippen LogP contribution in [0.5, 0.6) is 0 Å². The lowest BCUT2D eigenvalue weighted by atomic mass is 10.1. The quantitative estimate of drug-likeness (QED) is 0.903. The van der Waals surface area contributed by atoms with Crippen LogP contribution in [0.3, 0.4) is 0 Å². The molecule has 0 spiro atoms. The Kier molecular flexibility index (Phi) is 5.58. The van der Waals surface area contributed by atoms with Crippen LogP contribution in [0.4, 0.5) is 4.39 Å². The van der Waals surface area contributed by atoms with E-state index in [1.807, 2.05) is 0 Å². The third kappa shape index (κ3) is 3.79. The van der Waals surface area contributed by atoms with Gasteiger partial charge in [-0.3, -0.25) is 0 Å². The maximum atomic E-state index is 13.2. The van der Waals surface area contributed by atoms with Crippen LogP contribution in [0.1, 0.15) is 12.8 Å². The lowest BCUT2D eigenvalue weighted by molar-refractivity contribution is 0.320. The summed E-state index contributed by atoms with van der Waals surface area (Å²) < 4.78 is 39.0. The van der Waals surface area contributed by atoms with Crippen LogP contribution in [0.25, 0.3) is 0 Å². The van der Waals surface area contributed by atoms with Gasteiger partial charge in [-0.1, -0.05) is 11.6 Å². The molecule has 0 atom stereocenters. The van der Waals surface area contributed by atoms with Crippen molar-refractivity contribution >= 4 is 34.0 Å². The van der Waals surface area contributed by atoms with Crippen molar-refractivity contribution in [3.8, 4) is 0 Å². The Morgan fingerprint density at radius 1 is 1.26 bits per heavy atom. The average Bonchev–Trinajstić information content (AvgIpc) is 2.28. The second-order valence-corrected chi connectivity index (χ2v) is 6.72. The van der Waals surface area contributed by atoms with Gasteiger partial charge in [-0.25, -0.2) is 12.8 Å². The lowest BCUT2D eigenvalue weighted by Gasteiger charge is -2.29. The molecular formula is C11H15Cl2FN2O2S. The Hall–Kier alpha value is -0.400. The van der Waals surface area contributed by atoms with Gasteiger partial charge < -0.3 is 5.73 Å². The number of hydrogen-bond acceptors (Lipinski definition) is 3. The molecule has 0 bridgehead atoms. The van der Waals surface area contributed by atoms with E-state index in [2.05, 4.69) is 0 Å². The minimum Gasteiger partial charge on any atom is -0.328 e. The predicted octanol–water partition coefficient (Wildman–Crippen LogP) is 2.01. The van der Waals surface area contributed by atoms with Crippen molar-refractivity contribution < 1.29 is 12.8 Å². The Morgan fingerprint density at radius 2 is 1.84 bits per heavy atom. The first kappa shape index (κ1) is 16.7. The summed E-state index contributed by atoms with van der Waals surface area (Å²) in [4.78, 5) is -0.108. The molecule has 2 N–H and O–H groups in total. The fourth-order valence-electron chi connectivity index (χ4n) is 1.94. The highest BCUT2D eigenvalue weighted by atomic mass is 35.5. The fourth-order valence-corrected chi connectivity index (χ4v) is 3.76. The van der Waals surface area contributed by atoms with Gasteiger partial charge in [0.2, 0.25) is 10.0 Å². The number of halogens is 3. The zero-order chi connectivity index (χ0) is 13.3. The molecule has 0 unspecified atom stereocenters. The molecule has 1 saturated heterocycles. The van der Waals surface area contributed by atoms with Gasteiger partial charge >= 0.3 is 0 Å². The molecule has 1 aliphatic heterocycles. The summed E-state index contributed by atoms with van der Waals surface area (Å²) >= 11 is 5.68. The lowest BCUT2D eigenvalue weighted by Crippen LogP contribution is -2.42. The number of piperidine rings is 1. The first-order chi connectivity index (χ1) is 8.39. The molecule has 1 aromatic rings. The molecule has 0 saturated carbocycles. The first-order valence-electron chi connectivity index (χ1n) is 5.61. The number of hydrogen-bond donors (Lipinski definition) is 1. The van der Waals surface area contributed by atoms with Crippen LogP contribution in [-0.2, 0) is 10.0 Å². The van der Waals surface area contributed by atoms with Crippen LogP contribution in [0.2, 0.25) is 5.02 Å². The van der Waals surface area contributed by atoms with E-state index in [0.717, 1.165) is 12.1 Å². The standard InChI is InChI=1S/C11H14ClFN2O2S.ClH/c12-8-5-9(13)7-11(6-8)18(16,17)15-3-1-10(14)2-4-15;/h5-7,10H,1-4,14H2;1H. The topological polar surface area (TPSA) is 63.4 Å². The van der Waals surface area contributed by atoms with Crippen molar-refractivity contribution in [3.05, 3.63) is 29.0 Å². The van der Waals surface area contributed by atoms with E-state index in [1.54, 1.807) is 0 Å². The second kappa shape index (κ2) is 6.37. The maximum Gasteiger partial charge on any atom is 0.243 e. The number of rotatable bonds is 2. The Balaban J connectivity index is 0.00000180. The van der Waals surface area contributed by atoms with E-state index in [-0.39, 0.29) is 28.4 Å². The summed E-state index contributed by atoms with van der Waals surface area (Å²) in [5.41, 5.74) is 5.72. The molecule has 1 fully saturated rings. The van der Waals surface area contributed by atoms with Crippen LogP contribution in [-0.4, -0.2) is 31.9 Å². The highest BCUT2D eigenvalue weighted by molar-refractivity contribution is 7.89. The van der Waals surface area contributed by atoms with Gasteiger partial charge in [0, 0.05) is 24.2 Å². The third-order valence-corrected chi connectivity index (χ3v) is 5.07. The summed E-state index contributed by atoms with van der Waals surface area (Å²) in [7, 11) is -3.68. The predicted molar refractivity (Wildman–Crippen MR) is 74.6 cm³/mol. The van der Waals surface area contributed by atoms with Crippen molar-refractivity contribution in [1.29, 1.82) is 0 Å². The number of sulfonamides is 1. The largest absolute Gasteiger partial charge is 0.328 e. The molecule has 19 heavy (non-hydrogen) atoms. The molecule has 1 heterocycles. The minimum atomic E-state index is -3.68. The number of nitrogens with two attached hydrogens (primary N) is 1. The van der Waals surface area contributed by atoms with Gasteiger partial charge in [-0.05, 0) is 31.0 Å². The number of nitrogens with zero attached hydrogens (tertiary/aromatic N) is 1. The molecule has 8 heteroatoms. The second-order valence-electron chi connectivity index (χ2n) is 4.35. The van der Waals surface area contributed by atoms with E-state index in [0.29, 0.717) is 25.9 Å². The Labute approximate surface area is 123 Å². The van der Waals surface area contributed by atoms with E-state index < -0.39 is 15.8 Å². The van der Waals surface area contributed by atoms with Gasteiger partial charge in [0.1, 0.15) is 5.82 Å². The summed E-state index contributed by atoms with van der Waals surface area (Å²) in [6.45, 7) is 0.718. The summed E-state index contributed by atoms with van der Waals surface area (Å²) in [6, 6.07) is 3.35. The van der Waals surface area contributed by atoms with Gasteiger partial charge in [-0.2, -0.15) is 4.31 Å². The van der Waals surface area contributed by atoms with Crippen molar-refractivity contribution in [1.82, 2.24) is 4.31 Å². The molecule has 108 valence electrons. The van der Waals surface area contributed by atoms with Crippen LogP contribution >= 0.6 is 24.0 Å². The summed E-state index contributed by atoms with van der Waals surface area (Å²) in [6.07, 6.45) is 1.23. The Morgan fingerprint density at radius 3 is 2.37 bits per heavy atom. The van der Waals surface area contributed by atoms with E-state index in [1.165, 1.54) is 10.4 Å². The third-order valence-electron chi connectivity index (χ3n) is 2.97. The number of benzene rings is 1. The Bertz CT molecular complexity index is 525. The fraction of sp³-hybridized carbons (Fsp3) is 0.455. The SMILES string of the molecule is Cl.NC1CCN(S(=O)(=O)c2cc(F)cc(Cl)c2)CC1. The van der Waals surface area contributed by atoms with Crippen molar-refractivity contribution in [3.63, 3.8) is 0 Å². The van der Waals surface area contributed by atoms with E-state index >= 15 is 0 Å². The maximum absolute atomic E-state index is 13.2. The van der Waals surface area contributed by atoms with Crippen LogP contribution < -0.4 is 5.73 Å². The molecule has 0 amide bonds. The smallest absolute Gasteiger partial charge is 0.243 e. The van der Waals surface area contributed by atoms with Gasteiger partial charge in [0.05, 0.1) is 4.90 Å². The van der Waals surface area contributed by atoms with Crippen LogP contribution in [0.15, 0.2) is 23.1 Å². The molecule has 0 radical (unpaired) electrons. The summed E-state index contributed by atoms with van der Waals surface area (Å²) in [5, 5.41) is 0.0716. The first-order valence-corrected chi connectivity index (χ1v) is 7.43. The summed E-state index contributed by atoms with van der Waals surface area (Å²) in [5.74, 6) is -0.658. The molecule has 0 aliphatic carbocycles. The van der Waals surface area contributed by atoms with Gasteiger partial charge in [0.15, 0.2) is 0 Å². The zero-order valence-electron chi connectivity index (χ0n) is 10.1. The molecule has 2 rings (SSSR count). The highest BCUT2D eigenvalue weighted by Gasteiger charge is 2.28. The monoisotopic (exact) mass is 328 g/mol. The van der Waals surface area contributed by atoms with Gasteiger partial charge in [0.25, 0.3) is 0 Å². The van der Waals surface area contributed by atoms with Crippen molar-refractivity contribution in [2.24, 2.45) is 5.73 Å². The molecular weight excluding hydrogens is 314 g/mol. The van der Waals surface area contributed by atoms with Crippen LogP contribution in [0, 0.1) is 5.82 Å². The highest BCUT2D eigenvalue weighted by Crippen LogP contribution is 2.23.